The van der Waals surface area contributed by atoms with Gasteiger partial charge in [-0.25, -0.2) is 9.97 Å². The summed E-state index contributed by atoms with van der Waals surface area (Å²) in [7, 11) is 3.81. The van der Waals surface area contributed by atoms with Gasteiger partial charge in [-0.15, -0.1) is 0 Å². The van der Waals surface area contributed by atoms with E-state index in [-0.39, 0.29) is 0 Å². The fraction of sp³-hybridized carbons (Fsp3) is 0.360. The molecule has 1 aliphatic heterocycles. The number of rotatable bonds is 8. The fourth-order valence-electron chi connectivity index (χ4n) is 4.23. The van der Waals surface area contributed by atoms with Gasteiger partial charge >= 0.3 is 0 Å². The van der Waals surface area contributed by atoms with Crippen LogP contribution >= 0.6 is 11.6 Å². The summed E-state index contributed by atoms with van der Waals surface area (Å²) >= 11 is 6.22. The van der Waals surface area contributed by atoms with Gasteiger partial charge in [0.2, 0.25) is 0 Å². The molecule has 1 saturated heterocycles. The van der Waals surface area contributed by atoms with E-state index in [1.165, 1.54) is 12.6 Å². The number of anilines is 2. The van der Waals surface area contributed by atoms with Crippen LogP contribution < -0.4 is 14.8 Å². The Morgan fingerprint density at radius 1 is 1.09 bits per heavy atom. The number of fused-ring (bicyclic) bond motifs is 2. The first-order valence-corrected chi connectivity index (χ1v) is 11.8. The van der Waals surface area contributed by atoms with Crippen molar-refractivity contribution in [3.63, 3.8) is 0 Å². The van der Waals surface area contributed by atoms with Crippen molar-refractivity contribution in [2.24, 2.45) is 0 Å². The predicted octanol–water partition coefficient (Wildman–Crippen LogP) is 4.80. The predicted molar refractivity (Wildman–Crippen MR) is 135 cm³/mol. The maximum absolute atomic E-state index is 6.22. The highest BCUT2D eigenvalue weighted by Crippen LogP contribution is 2.37. The van der Waals surface area contributed by atoms with Gasteiger partial charge in [0.1, 0.15) is 18.4 Å². The van der Waals surface area contributed by atoms with E-state index in [2.05, 4.69) is 32.1 Å². The molecule has 0 radical (unpaired) electrons. The number of aromatic nitrogens is 2. The van der Waals surface area contributed by atoms with Crippen molar-refractivity contribution >= 4 is 45.0 Å². The summed E-state index contributed by atoms with van der Waals surface area (Å²) in [6, 6.07) is 9.57. The quantitative estimate of drug-likeness (QED) is 0.360. The van der Waals surface area contributed by atoms with Crippen molar-refractivity contribution in [3.8, 4) is 11.5 Å². The van der Waals surface area contributed by atoms with Gasteiger partial charge in [-0.1, -0.05) is 17.7 Å². The van der Waals surface area contributed by atoms with Crippen LogP contribution in [-0.2, 0) is 0 Å². The van der Waals surface area contributed by atoms with Gasteiger partial charge in [-0.3, -0.25) is 0 Å². The normalized spacial score (nSPS) is 15.1. The van der Waals surface area contributed by atoms with Crippen LogP contribution in [0, 0.1) is 0 Å². The van der Waals surface area contributed by atoms with E-state index >= 15 is 0 Å². The molecule has 0 atom stereocenters. The third-order valence-corrected chi connectivity index (χ3v) is 6.49. The fourth-order valence-corrected chi connectivity index (χ4v) is 4.42. The maximum atomic E-state index is 6.22. The average molecular weight is 482 g/mol. The number of piperazine rings is 1. The average Bonchev–Trinajstić information content (AvgIpc) is 3.24. The Balaban J connectivity index is 1.32. The highest BCUT2D eigenvalue weighted by molar-refractivity contribution is 6.35. The summed E-state index contributed by atoms with van der Waals surface area (Å²) in [6.45, 7) is 6.11. The topological polar surface area (TPSA) is 75.9 Å². The van der Waals surface area contributed by atoms with Gasteiger partial charge in [0, 0.05) is 49.6 Å². The molecule has 1 fully saturated rings. The number of hydrogen-bond acceptors (Lipinski definition) is 8. The molecule has 178 valence electrons. The molecular weight excluding hydrogens is 454 g/mol. The van der Waals surface area contributed by atoms with Gasteiger partial charge in [0.25, 0.3) is 0 Å². The number of methoxy groups -OCH3 is 1. The van der Waals surface area contributed by atoms with Crippen LogP contribution in [0.1, 0.15) is 6.42 Å². The van der Waals surface area contributed by atoms with E-state index in [4.69, 9.17) is 25.5 Å². The van der Waals surface area contributed by atoms with E-state index < -0.39 is 0 Å². The van der Waals surface area contributed by atoms with Crippen molar-refractivity contribution in [2.75, 3.05) is 58.8 Å². The van der Waals surface area contributed by atoms with E-state index in [9.17, 15) is 0 Å². The van der Waals surface area contributed by atoms with Gasteiger partial charge in [0.05, 0.1) is 29.9 Å². The summed E-state index contributed by atoms with van der Waals surface area (Å²) in [5.74, 6) is 1.96. The molecule has 0 amide bonds. The van der Waals surface area contributed by atoms with Crippen LogP contribution in [0.2, 0.25) is 5.02 Å². The summed E-state index contributed by atoms with van der Waals surface area (Å²) < 4.78 is 17.4. The second-order valence-corrected chi connectivity index (χ2v) is 8.89. The second-order valence-electron chi connectivity index (χ2n) is 8.48. The number of nitrogens with one attached hydrogen (secondary N) is 1. The molecule has 9 heteroatoms. The molecule has 3 heterocycles. The van der Waals surface area contributed by atoms with Crippen molar-refractivity contribution in [3.05, 3.63) is 47.9 Å². The molecule has 4 aromatic rings. The molecule has 8 nitrogen and oxygen atoms in total. The molecule has 0 unspecified atom stereocenters. The molecule has 0 spiro atoms. The number of hydrogen-bond donors (Lipinski definition) is 1. The zero-order valence-corrected chi connectivity index (χ0v) is 20.1. The first-order chi connectivity index (χ1) is 16.6. The van der Waals surface area contributed by atoms with Crippen LogP contribution in [0.25, 0.3) is 21.9 Å². The Labute approximate surface area is 203 Å². The minimum atomic E-state index is 0.572. The molecular formula is C25H28ClN5O3. The van der Waals surface area contributed by atoms with Gasteiger partial charge in [0.15, 0.2) is 17.1 Å². The highest BCUT2D eigenvalue weighted by atomic mass is 35.5. The summed E-state index contributed by atoms with van der Waals surface area (Å²) in [5, 5.41) is 5.59. The minimum Gasteiger partial charge on any atom is -0.493 e. The Morgan fingerprint density at radius 2 is 1.94 bits per heavy atom. The molecule has 2 aromatic carbocycles. The second kappa shape index (κ2) is 10.0. The Hall–Kier alpha value is -3.07. The zero-order valence-electron chi connectivity index (χ0n) is 19.4. The lowest BCUT2D eigenvalue weighted by Crippen LogP contribution is -2.44. The van der Waals surface area contributed by atoms with Gasteiger partial charge in [-0.2, -0.15) is 0 Å². The standard InChI is InChI=1S/C25H28ClN5O3/c1-30-8-10-31(11-9-30)7-4-12-33-23-14-21-18(13-22(23)32-2)25(28-16-27-21)29-20-6-3-5-17-19(26)15-34-24(17)20/h3,5-6,13-16H,4,7-12H2,1-2H3,(H,27,28,29). The number of nitrogens with zero attached hydrogens (tertiary/aromatic N) is 4. The highest BCUT2D eigenvalue weighted by Gasteiger charge is 2.16. The van der Waals surface area contributed by atoms with Gasteiger partial charge in [-0.05, 0) is 31.7 Å². The van der Waals surface area contributed by atoms with Gasteiger partial charge < -0.3 is 29.0 Å². The number of ether oxygens (including phenoxy) is 2. The maximum Gasteiger partial charge on any atom is 0.163 e. The third-order valence-electron chi connectivity index (χ3n) is 6.20. The number of para-hydroxylation sites is 1. The molecule has 1 aliphatic rings. The van der Waals surface area contributed by atoms with Crippen molar-refractivity contribution in [1.82, 2.24) is 19.8 Å². The summed E-state index contributed by atoms with van der Waals surface area (Å²) in [4.78, 5) is 13.8. The van der Waals surface area contributed by atoms with E-state index in [1.807, 2.05) is 30.3 Å². The molecule has 0 aliphatic carbocycles. The molecule has 34 heavy (non-hydrogen) atoms. The smallest absolute Gasteiger partial charge is 0.163 e. The minimum absolute atomic E-state index is 0.572. The Bertz CT molecular complexity index is 1290. The number of likely N-dealkylation sites (N-methyl/N-ethyl adjacent to an activating group) is 1. The van der Waals surface area contributed by atoms with Crippen LogP contribution in [0.5, 0.6) is 11.5 Å². The number of furan rings is 1. The summed E-state index contributed by atoms with van der Waals surface area (Å²) in [5.41, 5.74) is 2.20. The molecule has 0 saturated carbocycles. The monoisotopic (exact) mass is 481 g/mol. The summed E-state index contributed by atoms with van der Waals surface area (Å²) in [6.07, 6.45) is 4.02. The number of benzene rings is 2. The first-order valence-electron chi connectivity index (χ1n) is 11.4. The van der Waals surface area contributed by atoms with Crippen LogP contribution in [0.4, 0.5) is 11.5 Å². The van der Waals surface area contributed by atoms with E-state index in [0.717, 1.165) is 61.1 Å². The largest absolute Gasteiger partial charge is 0.493 e. The third kappa shape index (κ3) is 4.75. The molecule has 5 rings (SSSR count). The first kappa shape index (κ1) is 22.7. The Morgan fingerprint density at radius 3 is 2.76 bits per heavy atom. The molecule has 0 bridgehead atoms. The van der Waals surface area contributed by atoms with E-state index in [0.29, 0.717) is 34.5 Å². The van der Waals surface area contributed by atoms with Crippen molar-refractivity contribution in [1.29, 1.82) is 0 Å². The van der Waals surface area contributed by atoms with Crippen molar-refractivity contribution in [2.45, 2.75) is 6.42 Å². The zero-order chi connectivity index (χ0) is 23.5. The number of halogens is 1. The lowest BCUT2D eigenvalue weighted by Gasteiger charge is -2.32. The molecule has 2 aromatic heterocycles. The Kier molecular flexibility index (Phi) is 6.71. The van der Waals surface area contributed by atoms with Crippen LogP contribution in [0.3, 0.4) is 0 Å². The van der Waals surface area contributed by atoms with Crippen molar-refractivity contribution < 1.29 is 13.9 Å². The lowest BCUT2D eigenvalue weighted by molar-refractivity contribution is 0.145. The van der Waals surface area contributed by atoms with Crippen LogP contribution in [0.15, 0.2) is 47.3 Å². The lowest BCUT2D eigenvalue weighted by atomic mass is 10.2. The SMILES string of the molecule is COc1cc2c(Nc3cccc4c(Cl)coc34)ncnc2cc1OCCCN1CCN(C)CC1. The van der Waals surface area contributed by atoms with E-state index in [1.54, 1.807) is 7.11 Å². The van der Waals surface area contributed by atoms with Crippen LogP contribution in [-0.4, -0.2) is 73.3 Å². The molecule has 1 N–H and O–H groups in total.